The quantitative estimate of drug-likeness (QED) is 0.749. The van der Waals surface area contributed by atoms with Crippen molar-refractivity contribution in [2.75, 3.05) is 0 Å². The van der Waals surface area contributed by atoms with E-state index in [1.807, 2.05) is 13.2 Å². The molecule has 0 amide bonds. The van der Waals surface area contributed by atoms with Crippen molar-refractivity contribution in [1.82, 2.24) is 9.78 Å². The van der Waals surface area contributed by atoms with E-state index in [9.17, 15) is 4.79 Å². The van der Waals surface area contributed by atoms with Crippen LogP contribution in [0.2, 0.25) is 0 Å². The molecule has 0 bridgehead atoms. The molecular formula is C12H16N2O. The lowest BCUT2D eigenvalue weighted by Crippen LogP contribution is -2.14. The van der Waals surface area contributed by atoms with Crippen LogP contribution in [-0.4, -0.2) is 15.6 Å². The summed E-state index contributed by atoms with van der Waals surface area (Å²) in [5.41, 5.74) is 1.06. The van der Waals surface area contributed by atoms with Crippen LogP contribution in [0, 0.1) is 17.8 Å². The standard InChI is InChI=1S/C12H16N2O/c1-14-7-8(6-13-14)2-12(15)11-4-9-3-10(9)5-11/h6-7,9-11H,2-5H2,1H3. The Morgan fingerprint density at radius 2 is 2.20 bits per heavy atom. The summed E-state index contributed by atoms with van der Waals surface area (Å²) in [6, 6.07) is 0. The summed E-state index contributed by atoms with van der Waals surface area (Å²) >= 11 is 0. The number of carbonyl (C=O) groups excluding carboxylic acids is 1. The van der Waals surface area contributed by atoms with Gasteiger partial charge in [0, 0.05) is 25.6 Å². The Kier molecular flexibility index (Phi) is 1.94. The first-order chi connectivity index (χ1) is 7.22. The highest BCUT2D eigenvalue weighted by molar-refractivity contribution is 5.83. The number of ketones is 1. The van der Waals surface area contributed by atoms with Crippen molar-refractivity contribution in [2.45, 2.75) is 25.7 Å². The number of rotatable bonds is 3. The average molecular weight is 204 g/mol. The molecular weight excluding hydrogens is 188 g/mol. The number of Topliss-reactive ketones (excluding diaryl/α,β-unsaturated/α-hetero) is 1. The summed E-state index contributed by atoms with van der Waals surface area (Å²) in [6.07, 6.45) is 8.02. The Hall–Kier alpha value is -1.12. The van der Waals surface area contributed by atoms with E-state index < -0.39 is 0 Å². The van der Waals surface area contributed by atoms with Crippen molar-refractivity contribution >= 4 is 5.78 Å². The van der Waals surface area contributed by atoms with Crippen LogP contribution in [0.15, 0.2) is 12.4 Å². The molecule has 0 aromatic carbocycles. The van der Waals surface area contributed by atoms with E-state index in [1.54, 1.807) is 10.9 Å². The zero-order valence-electron chi connectivity index (χ0n) is 9.02. The van der Waals surface area contributed by atoms with Gasteiger partial charge in [-0.3, -0.25) is 9.48 Å². The van der Waals surface area contributed by atoms with Crippen LogP contribution in [-0.2, 0) is 18.3 Å². The van der Waals surface area contributed by atoms with E-state index >= 15 is 0 Å². The fraction of sp³-hybridized carbons (Fsp3) is 0.667. The van der Waals surface area contributed by atoms with Gasteiger partial charge in [0.15, 0.2) is 0 Å². The number of carbonyl (C=O) groups is 1. The molecule has 0 N–H and O–H groups in total. The van der Waals surface area contributed by atoms with E-state index in [2.05, 4.69) is 5.10 Å². The summed E-state index contributed by atoms with van der Waals surface area (Å²) in [7, 11) is 1.89. The van der Waals surface area contributed by atoms with Gasteiger partial charge in [0.05, 0.1) is 6.20 Å². The smallest absolute Gasteiger partial charge is 0.140 e. The maximum absolute atomic E-state index is 12.0. The predicted octanol–water partition coefficient (Wildman–Crippen LogP) is 1.58. The number of aromatic nitrogens is 2. The van der Waals surface area contributed by atoms with Crippen LogP contribution in [0.25, 0.3) is 0 Å². The van der Waals surface area contributed by atoms with E-state index in [0.29, 0.717) is 18.1 Å². The molecule has 1 aromatic heterocycles. The Bertz CT molecular complexity index is 386. The van der Waals surface area contributed by atoms with Crippen LogP contribution in [0.4, 0.5) is 0 Å². The second kappa shape index (κ2) is 3.19. The molecule has 3 nitrogen and oxygen atoms in total. The van der Waals surface area contributed by atoms with Crippen molar-refractivity contribution in [3.05, 3.63) is 18.0 Å². The molecule has 2 saturated carbocycles. The molecule has 2 unspecified atom stereocenters. The van der Waals surface area contributed by atoms with E-state index in [4.69, 9.17) is 0 Å². The monoisotopic (exact) mass is 204 g/mol. The molecule has 2 atom stereocenters. The van der Waals surface area contributed by atoms with Crippen molar-refractivity contribution in [3.63, 3.8) is 0 Å². The minimum atomic E-state index is 0.356. The molecule has 0 radical (unpaired) electrons. The third-order valence-corrected chi connectivity index (χ3v) is 3.84. The summed E-state index contributed by atoms with van der Waals surface area (Å²) in [5.74, 6) is 2.57. The first-order valence-electron chi connectivity index (χ1n) is 5.72. The van der Waals surface area contributed by atoms with Crippen molar-refractivity contribution in [3.8, 4) is 0 Å². The van der Waals surface area contributed by atoms with Crippen LogP contribution in [0.3, 0.4) is 0 Å². The Balaban J connectivity index is 1.61. The van der Waals surface area contributed by atoms with Gasteiger partial charge in [-0.1, -0.05) is 0 Å². The molecule has 3 rings (SSSR count). The first-order valence-corrected chi connectivity index (χ1v) is 5.72. The minimum absolute atomic E-state index is 0.356. The van der Waals surface area contributed by atoms with E-state index in [0.717, 1.165) is 30.2 Å². The summed E-state index contributed by atoms with van der Waals surface area (Å²) < 4.78 is 1.76. The van der Waals surface area contributed by atoms with Gasteiger partial charge in [-0.05, 0) is 36.7 Å². The average Bonchev–Trinajstić information content (AvgIpc) is 2.61. The molecule has 0 aliphatic heterocycles. The van der Waals surface area contributed by atoms with Crippen LogP contribution < -0.4 is 0 Å². The fourth-order valence-corrected chi connectivity index (χ4v) is 2.89. The Morgan fingerprint density at radius 1 is 1.47 bits per heavy atom. The molecule has 15 heavy (non-hydrogen) atoms. The largest absolute Gasteiger partial charge is 0.299 e. The number of hydrogen-bond acceptors (Lipinski definition) is 2. The lowest BCUT2D eigenvalue weighted by atomic mass is 9.95. The highest BCUT2D eigenvalue weighted by atomic mass is 16.1. The van der Waals surface area contributed by atoms with E-state index in [1.165, 1.54) is 6.42 Å². The molecule has 0 saturated heterocycles. The Morgan fingerprint density at radius 3 is 2.80 bits per heavy atom. The maximum Gasteiger partial charge on any atom is 0.140 e. The summed E-state index contributed by atoms with van der Waals surface area (Å²) in [6.45, 7) is 0. The lowest BCUT2D eigenvalue weighted by molar-refractivity contribution is -0.122. The fourth-order valence-electron chi connectivity index (χ4n) is 2.89. The van der Waals surface area contributed by atoms with E-state index in [-0.39, 0.29) is 0 Å². The van der Waals surface area contributed by atoms with Crippen LogP contribution >= 0.6 is 0 Å². The van der Waals surface area contributed by atoms with Gasteiger partial charge in [-0.15, -0.1) is 0 Å². The van der Waals surface area contributed by atoms with Crippen molar-refractivity contribution in [2.24, 2.45) is 24.8 Å². The van der Waals surface area contributed by atoms with Gasteiger partial charge in [0.2, 0.25) is 0 Å². The lowest BCUT2D eigenvalue weighted by Gasteiger charge is -2.08. The second-order valence-corrected chi connectivity index (χ2v) is 5.09. The molecule has 1 aromatic rings. The van der Waals surface area contributed by atoms with Gasteiger partial charge >= 0.3 is 0 Å². The van der Waals surface area contributed by atoms with Gasteiger partial charge in [0.25, 0.3) is 0 Å². The molecule has 2 aliphatic carbocycles. The van der Waals surface area contributed by atoms with Gasteiger partial charge in [-0.2, -0.15) is 5.10 Å². The number of nitrogens with zero attached hydrogens (tertiary/aromatic N) is 2. The first kappa shape index (κ1) is 9.13. The van der Waals surface area contributed by atoms with Crippen molar-refractivity contribution < 1.29 is 4.79 Å². The second-order valence-electron chi connectivity index (χ2n) is 5.09. The number of aryl methyl sites for hydroxylation is 1. The van der Waals surface area contributed by atoms with Gasteiger partial charge in [-0.25, -0.2) is 0 Å². The highest BCUT2D eigenvalue weighted by Gasteiger charge is 2.47. The number of hydrogen-bond donors (Lipinski definition) is 0. The molecule has 1 heterocycles. The normalized spacial score (nSPS) is 32.7. The van der Waals surface area contributed by atoms with Crippen molar-refractivity contribution in [1.29, 1.82) is 0 Å². The van der Waals surface area contributed by atoms with Gasteiger partial charge in [0.1, 0.15) is 5.78 Å². The van der Waals surface area contributed by atoms with Crippen LogP contribution in [0.5, 0.6) is 0 Å². The maximum atomic E-state index is 12.0. The third kappa shape index (κ3) is 1.71. The zero-order chi connectivity index (χ0) is 10.4. The summed E-state index contributed by atoms with van der Waals surface area (Å²) in [5, 5.41) is 4.08. The van der Waals surface area contributed by atoms with Crippen LogP contribution in [0.1, 0.15) is 24.8 Å². The van der Waals surface area contributed by atoms with Gasteiger partial charge < -0.3 is 0 Å². The zero-order valence-corrected chi connectivity index (χ0v) is 9.02. The summed E-state index contributed by atoms with van der Waals surface area (Å²) in [4.78, 5) is 12.0. The SMILES string of the molecule is Cn1cc(CC(=O)C2CC3CC3C2)cn1. The molecule has 2 aliphatic rings. The minimum Gasteiger partial charge on any atom is -0.299 e. The molecule has 2 fully saturated rings. The third-order valence-electron chi connectivity index (χ3n) is 3.84. The highest BCUT2D eigenvalue weighted by Crippen LogP contribution is 2.54. The molecule has 80 valence electrons. The molecule has 0 spiro atoms. The molecule has 3 heteroatoms. The predicted molar refractivity (Wildman–Crippen MR) is 56.2 cm³/mol. The topological polar surface area (TPSA) is 34.9 Å². The number of fused-ring (bicyclic) bond motifs is 1. The Labute approximate surface area is 89.5 Å².